The maximum absolute atomic E-state index is 11.9. The van der Waals surface area contributed by atoms with Gasteiger partial charge >= 0.3 is 11.9 Å². The molecule has 6 atom stereocenters. The zero-order valence-corrected chi connectivity index (χ0v) is 14.9. The van der Waals surface area contributed by atoms with Crippen molar-refractivity contribution in [2.45, 2.75) is 64.3 Å². The topological polar surface area (TPSA) is 93.1 Å². The molecule has 0 spiro atoms. The van der Waals surface area contributed by atoms with E-state index < -0.39 is 41.1 Å². The van der Waals surface area contributed by atoms with Crippen molar-refractivity contribution >= 4 is 11.9 Å². The summed E-state index contributed by atoms with van der Waals surface area (Å²) in [5, 5.41) is 21.4. The average molecular weight is 340 g/mol. The van der Waals surface area contributed by atoms with E-state index in [2.05, 4.69) is 6.58 Å². The Kier molecular flexibility index (Phi) is 5.11. The Morgan fingerprint density at radius 2 is 1.92 bits per heavy atom. The fourth-order valence-electron chi connectivity index (χ4n) is 4.64. The van der Waals surface area contributed by atoms with Crippen LogP contribution in [-0.4, -0.2) is 47.1 Å². The summed E-state index contributed by atoms with van der Waals surface area (Å²) in [6.07, 6.45) is 0.605. The van der Waals surface area contributed by atoms with Crippen LogP contribution in [0.2, 0.25) is 0 Å². The first kappa shape index (κ1) is 18.9. The van der Waals surface area contributed by atoms with Gasteiger partial charge in [0.25, 0.3) is 0 Å². The molecule has 2 fully saturated rings. The van der Waals surface area contributed by atoms with Crippen LogP contribution >= 0.6 is 0 Å². The zero-order chi connectivity index (χ0) is 18.3. The Bertz CT molecular complexity index is 540. The van der Waals surface area contributed by atoms with Crippen molar-refractivity contribution in [2.24, 2.45) is 17.3 Å². The van der Waals surface area contributed by atoms with Crippen LogP contribution in [0.3, 0.4) is 0 Å². The highest BCUT2D eigenvalue weighted by atomic mass is 16.5. The highest BCUT2D eigenvalue weighted by Crippen LogP contribution is 2.56. The second-order valence-electron chi connectivity index (χ2n) is 7.68. The first-order valence-electron chi connectivity index (χ1n) is 8.37. The molecule has 2 aliphatic rings. The molecule has 0 heterocycles. The Morgan fingerprint density at radius 1 is 1.29 bits per heavy atom. The lowest BCUT2D eigenvalue weighted by atomic mass is 9.51. The standard InChI is InChI=1S/C18H28O6/c1-10(16(21)23-5)12-8-14-17(3,9-13(12)24-11(2)19)15(20)6-7-18(14,4)22/h12-15,20,22H,1,6-9H2,2-5H3. The van der Waals surface area contributed by atoms with E-state index in [9.17, 15) is 19.8 Å². The van der Waals surface area contributed by atoms with Gasteiger partial charge in [0.2, 0.25) is 0 Å². The van der Waals surface area contributed by atoms with Gasteiger partial charge in [-0.25, -0.2) is 4.79 Å². The lowest BCUT2D eigenvalue weighted by Gasteiger charge is -2.57. The first-order chi connectivity index (χ1) is 11.0. The van der Waals surface area contributed by atoms with Crippen LogP contribution in [0.15, 0.2) is 12.2 Å². The number of ether oxygens (including phenoxy) is 2. The molecule has 0 aliphatic heterocycles. The predicted molar refractivity (Wildman–Crippen MR) is 86.9 cm³/mol. The van der Waals surface area contributed by atoms with E-state index in [0.717, 1.165) is 0 Å². The summed E-state index contributed by atoms with van der Waals surface area (Å²) in [5.74, 6) is -1.65. The minimum Gasteiger partial charge on any atom is -0.466 e. The molecule has 24 heavy (non-hydrogen) atoms. The van der Waals surface area contributed by atoms with Gasteiger partial charge in [0.05, 0.1) is 18.8 Å². The van der Waals surface area contributed by atoms with Crippen LogP contribution in [-0.2, 0) is 19.1 Å². The molecule has 0 radical (unpaired) electrons. The summed E-state index contributed by atoms with van der Waals surface area (Å²) in [6, 6.07) is 0. The molecule has 2 N–H and O–H groups in total. The molecule has 0 saturated heterocycles. The molecular weight excluding hydrogens is 312 g/mol. The molecule has 136 valence electrons. The zero-order valence-electron chi connectivity index (χ0n) is 14.9. The number of fused-ring (bicyclic) bond motifs is 1. The second-order valence-corrected chi connectivity index (χ2v) is 7.68. The van der Waals surface area contributed by atoms with Gasteiger partial charge in [0.1, 0.15) is 6.10 Å². The minimum atomic E-state index is -0.955. The molecule has 2 aliphatic carbocycles. The summed E-state index contributed by atoms with van der Waals surface area (Å²) >= 11 is 0. The number of aliphatic hydroxyl groups is 2. The van der Waals surface area contributed by atoms with Gasteiger partial charge < -0.3 is 19.7 Å². The third-order valence-electron chi connectivity index (χ3n) is 6.02. The van der Waals surface area contributed by atoms with Crippen LogP contribution in [0.1, 0.15) is 46.5 Å². The third-order valence-corrected chi connectivity index (χ3v) is 6.02. The molecule has 6 nitrogen and oxygen atoms in total. The van der Waals surface area contributed by atoms with Gasteiger partial charge in [-0.2, -0.15) is 0 Å². The summed E-state index contributed by atoms with van der Waals surface area (Å²) in [6.45, 7) is 8.83. The van der Waals surface area contributed by atoms with Crippen LogP contribution in [0.5, 0.6) is 0 Å². The van der Waals surface area contributed by atoms with Crippen LogP contribution in [0.25, 0.3) is 0 Å². The number of rotatable bonds is 3. The normalized spacial score (nSPS) is 41.9. The summed E-state index contributed by atoms with van der Waals surface area (Å²) in [5.41, 5.74) is -1.31. The van der Waals surface area contributed by atoms with Crippen molar-refractivity contribution in [3.8, 4) is 0 Å². The maximum atomic E-state index is 11.9. The molecular formula is C18H28O6. The molecule has 0 aromatic carbocycles. The molecule has 6 heteroatoms. The molecule has 0 bridgehead atoms. The van der Waals surface area contributed by atoms with Gasteiger partial charge in [-0.15, -0.1) is 0 Å². The highest BCUT2D eigenvalue weighted by molar-refractivity contribution is 5.88. The van der Waals surface area contributed by atoms with Crippen molar-refractivity contribution in [2.75, 3.05) is 7.11 Å². The summed E-state index contributed by atoms with van der Waals surface area (Å²) in [7, 11) is 1.28. The lowest BCUT2D eigenvalue weighted by molar-refractivity contribution is -0.200. The fourth-order valence-corrected chi connectivity index (χ4v) is 4.64. The van der Waals surface area contributed by atoms with Crippen LogP contribution in [0, 0.1) is 17.3 Å². The van der Waals surface area contributed by atoms with Crippen molar-refractivity contribution < 1.29 is 29.3 Å². The number of esters is 2. The van der Waals surface area contributed by atoms with Crippen molar-refractivity contribution in [1.29, 1.82) is 0 Å². The number of methoxy groups -OCH3 is 1. The van der Waals surface area contributed by atoms with Crippen molar-refractivity contribution in [1.82, 2.24) is 0 Å². The van der Waals surface area contributed by atoms with Crippen LogP contribution in [0.4, 0.5) is 0 Å². The van der Waals surface area contributed by atoms with Gasteiger partial charge in [0.15, 0.2) is 0 Å². The summed E-state index contributed by atoms with van der Waals surface area (Å²) in [4.78, 5) is 23.4. The number of carbonyl (C=O) groups excluding carboxylic acids is 2. The predicted octanol–water partition coefficient (Wildman–Crippen LogP) is 1.59. The Hall–Kier alpha value is -1.40. The fraction of sp³-hybridized carbons (Fsp3) is 0.778. The van der Waals surface area contributed by atoms with Gasteiger partial charge in [0, 0.05) is 23.8 Å². The number of hydrogen-bond donors (Lipinski definition) is 2. The van der Waals surface area contributed by atoms with E-state index in [1.54, 1.807) is 6.92 Å². The van der Waals surface area contributed by atoms with Gasteiger partial charge in [-0.05, 0) is 38.5 Å². The smallest absolute Gasteiger partial charge is 0.333 e. The van der Waals surface area contributed by atoms with E-state index in [0.29, 0.717) is 25.7 Å². The SMILES string of the molecule is C=C(C(=O)OC)C1CC2C(C)(O)CCC(O)C2(C)CC1OC(C)=O. The molecule has 0 aromatic rings. The quantitative estimate of drug-likeness (QED) is 0.599. The maximum Gasteiger partial charge on any atom is 0.333 e. The third kappa shape index (κ3) is 3.22. The minimum absolute atomic E-state index is 0.230. The molecule has 2 rings (SSSR count). The first-order valence-corrected chi connectivity index (χ1v) is 8.37. The Labute approximate surface area is 142 Å². The van der Waals surface area contributed by atoms with E-state index >= 15 is 0 Å². The molecule has 0 aromatic heterocycles. The highest BCUT2D eigenvalue weighted by Gasteiger charge is 2.58. The number of carbonyl (C=O) groups is 2. The Morgan fingerprint density at radius 3 is 2.46 bits per heavy atom. The lowest BCUT2D eigenvalue weighted by Crippen LogP contribution is -2.60. The van der Waals surface area contributed by atoms with Gasteiger partial charge in [-0.1, -0.05) is 13.5 Å². The molecule has 2 saturated carbocycles. The molecule has 0 amide bonds. The number of hydrogen-bond acceptors (Lipinski definition) is 6. The largest absolute Gasteiger partial charge is 0.466 e. The molecule has 6 unspecified atom stereocenters. The average Bonchev–Trinajstić information content (AvgIpc) is 2.49. The second kappa shape index (κ2) is 6.48. The van der Waals surface area contributed by atoms with Crippen molar-refractivity contribution in [3.05, 3.63) is 12.2 Å². The monoisotopic (exact) mass is 340 g/mol. The number of aliphatic hydroxyl groups excluding tert-OH is 1. The van der Waals surface area contributed by atoms with E-state index in [-0.39, 0.29) is 11.5 Å². The van der Waals surface area contributed by atoms with E-state index in [1.807, 2.05) is 6.92 Å². The summed E-state index contributed by atoms with van der Waals surface area (Å²) < 4.78 is 10.2. The van der Waals surface area contributed by atoms with E-state index in [4.69, 9.17) is 9.47 Å². The van der Waals surface area contributed by atoms with Crippen LogP contribution < -0.4 is 0 Å². The van der Waals surface area contributed by atoms with Gasteiger partial charge in [-0.3, -0.25) is 4.79 Å². The van der Waals surface area contributed by atoms with Crippen molar-refractivity contribution in [3.63, 3.8) is 0 Å². The van der Waals surface area contributed by atoms with E-state index in [1.165, 1.54) is 14.0 Å². The Balaban J connectivity index is 2.39.